The Balaban J connectivity index is 1.65. The minimum absolute atomic E-state index is 0.241. The second-order valence-corrected chi connectivity index (χ2v) is 6.90. The molecule has 0 N–H and O–H groups in total. The summed E-state index contributed by atoms with van der Waals surface area (Å²) >= 11 is 6.14. The Bertz CT molecular complexity index is 885. The number of hydrogen-bond acceptors (Lipinski definition) is 3. The molecule has 0 radical (unpaired) electrons. The zero-order chi connectivity index (χ0) is 17.2. The van der Waals surface area contributed by atoms with Gasteiger partial charge < -0.3 is 14.0 Å². The fraction of sp³-hybridized carbons (Fsp3) is 0.350. The van der Waals surface area contributed by atoms with Gasteiger partial charge in [0, 0.05) is 11.6 Å². The van der Waals surface area contributed by atoms with E-state index in [1.54, 1.807) is 0 Å². The highest BCUT2D eigenvalue weighted by molar-refractivity contribution is 6.31. The normalized spacial score (nSPS) is 17.3. The van der Waals surface area contributed by atoms with E-state index < -0.39 is 0 Å². The Morgan fingerprint density at radius 3 is 2.96 bits per heavy atom. The lowest BCUT2D eigenvalue weighted by Crippen LogP contribution is -2.18. The van der Waals surface area contributed by atoms with Gasteiger partial charge >= 0.3 is 0 Å². The maximum absolute atomic E-state index is 6.14. The van der Waals surface area contributed by atoms with Crippen molar-refractivity contribution in [1.29, 1.82) is 0 Å². The number of rotatable bonds is 5. The first-order valence-corrected chi connectivity index (χ1v) is 9.03. The molecule has 1 atom stereocenters. The average molecular weight is 357 g/mol. The van der Waals surface area contributed by atoms with Crippen molar-refractivity contribution in [3.63, 3.8) is 0 Å². The summed E-state index contributed by atoms with van der Waals surface area (Å²) in [6, 6.07) is 13.9. The number of ether oxygens (including phenoxy) is 2. The molecule has 0 saturated carbocycles. The van der Waals surface area contributed by atoms with E-state index in [-0.39, 0.29) is 6.10 Å². The number of nitrogens with zero attached hydrogens (tertiary/aromatic N) is 2. The first kappa shape index (κ1) is 16.4. The van der Waals surface area contributed by atoms with Gasteiger partial charge in [0.25, 0.3) is 0 Å². The Kier molecular flexibility index (Phi) is 4.64. The molecule has 0 spiro atoms. The van der Waals surface area contributed by atoms with Crippen molar-refractivity contribution < 1.29 is 9.47 Å². The first-order chi connectivity index (χ1) is 12.2. The largest absolute Gasteiger partial charge is 0.485 e. The van der Waals surface area contributed by atoms with Gasteiger partial charge in [-0.25, -0.2) is 4.98 Å². The molecule has 0 aliphatic carbocycles. The molecule has 4 nitrogen and oxygen atoms in total. The summed E-state index contributed by atoms with van der Waals surface area (Å²) in [5, 5.41) is 0.695. The molecule has 3 aromatic rings. The summed E-state index contributed by atoms with van der Waals surface area (Å²) in [6.07, 6.45) is 2.45. The Morgan fingerprint density at radius 2 is 2.16 bits per heavy atom. The van der Waals surface area contributed by atoms with Crippen molar-refractivity contribution in [2.45, 2.75) is 39.0 Å². The van der Waals surface area contributed by atoms with Crippen LogP contribution in [-0.2, 0) is 17.9 Å². The lowest BCUT2D eigenvalue weighted by atomic mass is 10.2. The quantitative estimate of drug-likeness (QED) is 0.661. The maximum Gasteiger partial charge on any atom is 0.148 e. The summed E-state index contributed by atoms with van der Waals surface area (Å²) in [6.45, 7) is 4.11. The highest BCUT2D eigenvalue weighted by Gasteiger charge is 2.20. The van der Waals surface area contributed by atoms with E-state index in [1.165, 1.54) is 0 Å². The second-order valence-electron chi connectivity index (χ2n) is 6.46. The monoisotopic (exact) mass is 356 g/mol. The Hall–Kier alpha value is -2.04. The molecule has 1 aliphatic heterocycles. The van der Waals surface area contributed by atoms with E-state index in [1.807, 2.05) is 49.4 Å². The molecule has 1 unspecified atom stereocenters. The molecule has 2 aromatic carbocycles. The number of halogens is 1. The lowest BCUT2D eigenvalue weighted by molar-refractivity contribution is 0.0962. The average Bonchev–Trinajstić information content (AvgIpc) is 3.22. The number of benzene rings is 2. The molecular formula is C20H21ClN2O2. The van der Waals surface area contributed by atoms with Crippen LogP contribution in [0.15, 0.2) is 42.5 Å². The molecule has 1 saturated heterocycles. The summed E-state index contributed by atoms with van der Waals surface area (Å²) in [5.41, 5.74) is 3.09. The molecule has 4 rings (SSSR count). The molecule has 0 bridgehead atoms. The maximum atomic E-state index is 6.14. The third-order valence-corrected chi connectivity index (χ3v) is 4.88. The number of hydrogen-bond donors (Lipinski definition) is 0. The van der Waals surface area contributed by atoms with E-state index in [0.29, 0.717) is 11.6 Å². The van der Waals surface area contributed by atoms with Gasteiger partial charge in [0.1, 0.15) is 18.2 Å². The van der Waals surface area contributed by atoms with Crippen LogP contribution in [0.4, 0.5) is 0 Å². The van der Waals surface area contributed by atoms with Gasteiger partial charge in [0.2, 0.25) is 0 Å². The Labute approximate surface area is 152 Å². The molecular weight excluding hydrogens is 336 g/mol. The third kappa shape index (κ3) is 3.51. The predicted molar refractivity (Wildman–Crippen MR) is 99.2 cm³/mol. The van der Waals surface area contributed by atoms with Crippen LogP contribution in [-0.4, -0.2) is 22.3 Å². The van der Waals surface area contributed by atoms with Gasteiger partial charge in [0.15, 0.2) is 0 Å². The molecule has 2 heterocycles. The van der Waals surface area contributed by atoms with E-state index >= 15 is 0 Å². The molecule has 25 heavy (non-hydrogen) atoms. The summed E-state index contributed by atoms with van der Waals surface area (Å²) in [4.78, 5) is 4.76. The van der Waals surface area contributed by atoms with E-state index in [2.05, 4.69) is 4.57 Å². The van der Waals surface area contributed by atoms with Crippen molar-refractivity contribution in [2.24, 2.45) is 0 Å². The number of para-hydroxylation sites is 1. The fourth-order valence-electron chi connectivity index (χ4n) is 3.32. The molecule has 1 aromatic heterocycles. The number of aromatic nitrogens is 2. The zero-order valence-electron chi connectivity index (χ0n) is 14.2. The molecule has 1 fully saturated rings. The first-order valence-electron chi connectivity index (χ1n) is 8.65. The topological polar surface area (TPSA) is 36.3 Å². The lowest BCUT2D eigenvalue weighted by Gasteiger charge is -2.15. The minimum Gasteiger partial charge on any atom is -0.485 e. The SMILES string of the molecule is Cc1ccccc1OCc1nc2cc(Cl)ccc2n1CC1CCCO1. The summed E-state index contributed by atoms with van der Waals surface area (Å²) in [5.74, 6) is 1.78. The molecule has 5 heteroatoms. The highest BCUT2D eigenvalue weighted by atomic mass is 35.5. The summed E-state index contributed by atoms with van der Waals surface area (Å²) in [7, 11) is 0. The fourth-order valence-corrected chi connectivity index (χ4v) is 3.49. The van der Waals surface area contributed by atoms with Gasteiger partial charge in [-0.15, -0.1) is 0 Å². The predicted octanol–water partition coefficient (Wildman–Crippen LogP) is 4.76. The third-order valence-electron chi connectivity index (χ3n) is 4.65. The molecule has 130 valence electrons. The van der Waals surface area contributed by atoms with Gasteiger partial charge in [-0.3, -0.25) is 0 Å². The van der Waals surface area contributed by atoms with Crippen LogP contribution in [0.25, 0.3) is 11.0 Å². The van der Waals surface area contributed by atoms with Crippen molar-refractivity contribution in [3.05, 3.63) is 58.9 Å². The van der Waals surface area contributed by atoms with Crippen molar-refractivity contribution in [3.8, 4) is 5.75 Å². The van der Waals surface area contributed by atoms with Gasteiger partial charge in [-0.1, -0.05) is 29.8 Å². The van der Waals surface area contributed by atoms with E-state index in [4.69, 9.17) is 26.1 Å². The highest BCUT2D eigenvalue weighted by Crippen LogP contribution is 2.25. The van der Waals surface area contributed by atoms with Crippen LogP contribution in [0.5, 0.6) is 5.75 Å². The van der Waals surface area contributed by atoms with Crippen LogP contribution in [0.3, 0.4) is 0 Å². The van der Waals surface area contributed by atoms with Crippen molar-refractivity contribution in [2.75, 3.05) is 6.61 Å². The van der Waals surface area contributed by atoms with Crippen molar-refractivity contribution >= 4 is 22.6 Å². The van der Waals surface area contributed by atoms with Crippen LogP contribution >= 0.6 is 11.6 Å². The van der Waals surface area contributed by atoms with E-state index in [0.717, 1.165) is 54.2 Å². The molecule has 1 aliphatic rings. The Morgan fingerprint density at radius 1 is 1.28 bits per heavy atom. The second kappa shape index (κ2) is 7.06. The number of fused-ring (bicyclic) bond motifs is 1. The van der Waals surface area contributed by atoms with Crippen molar-refractivity contribution in [1.82, 2.24) is 9.55 Å². The number of imidazole rings is 1. The van der Waals surface area contributed by atoms with Crippen LogP contribution in [0.1, 0.15) is 24.2 Å². The minimum atomic E-state index is 0.241. The zero-order valence-corrected chi connectivity index (χ0v) is 15.0. The smallest absolute Gasteiger partial charge is 0.148 e. The standard InChI is InChI=1S/C20H21ClN2O2/c1-14-5-2-3-7-19(14)25-13-20-22-17-11-15(21)8-9-18(17)23(20)12-16-6-4-10-24-16/h2-3,5,7-9,11,16H,4,6,10,12-13H2,1H3. The van der Waals surface area contributed by atoms with Crippen LogP contribution in [0.2, 0.25) is 5.02 Å². The van der Waals surface area contributed by atoms with Gasteiger partial charge in [-0.05, 0) is 49.6 Å². The molecule has 0 amide bonds. The summed E-state index contributed by atoms with van der Waals surface area (Å²) < 4.78 is 14.1. The number of aryl methyl sites for hydroxylation is 1. The van der Waals surface area contributed by atoms with Gasteiger partial charge in [-0.2, -0.15) is 0 Å². The van der Waals surface area contributed by atoms with Gasteiger partial charge in [0.05, 0.1) is 23.7 Å². The van der Waals surface area contributed by atoms with Crippen LogP contribution in [0, 0.1) is 6.92 Å². The van der Waals surface area contributed by atoms with Crippen LogP contribution < -0.4 is 4.74 Å². The van der Waals surface area contributed by atoms with E-state index in [9.17, 15) is 0 Å².